The summed E-state index contributed by atoms with van der Waals surface area (Å²) in [6.07, 6.45) is 9.51. The van der Waals surface area contributed by atoms with Gasteiger partial charge in [-0.2, -0.15) is 5.10 Å². The summed E-state index contributed by atoms with van der Waals surface area (Å²) in [6, 6.07) is 1.88. The van der Waals surface area contributed by atoms with E-state index in [0.29, 0.717) is 11.5 Å². The normalized spacial score (nSPS) is 14.5. The molecule has 21 heavy (non-hydrogen) atoms. The van der Waals surface area contributed by atoms with Gasteiger partial charge in [0.15, 0.2) is 0 Å². The zero-order chi connectivity index (χ0) is 14.2. The van der Waals surface area contributed by atoms with E-state index in [9.17, 15) is 4.79 Å². The molecule has 1 saturated carbocycles. The summed E-state index contributed by atoms with van der Waals surface area (Å²) >= 11 is 0. The number of carbonyl (C=O) groups is 1. The molecule has 3 aromatic rings. The molecule has 1 aliphatic carbocycles. The maximum atomic E-state index is 12.2. The topological polar surface area (TPSA) is 86.5 Å². The Labute approximate surface area is 121 Å². The summed E-state index contributed by atoms with van der Waals surface area (Å²) in [6.45, 7) is 0.762. The first-order valence-electron chi connectivity index (χ1n) is 7.06. The van der Waals surface area contributed by atoms with Gasteiger partial charge in [-0.1, -0.05) is 0 Å². The molecule has 3 aromatic heterocycles. The maximum absolute atomic E-state index is 12.2. The van der Waals surface area contributed by atoms with Gasteiger partial charge >= 0.3 is 0 Å². The average molecular weight is 281 g/mol. The second kappa shape index (κ2) is 4.73. The molecule has 1 amide bonds. The zero-order valence-electron chi connectivity index (χ0n) is 11.4. The molecule has 4 rings (SSSR count). The minimum Gasteiger partial charge on any atom is -0.352 e. The molecule has 0 spiro atoms. The number of amides is 1. The summed E-state index contributed by atoms with van der Waals surface area (Å²) in [5.41, 5.74) is 3.32. The van der Waals surface area contributed by atoms with Gasteiger partial charge in [0.05, 0.1) is 11.8 Å². The maximum Gasteiger partial charge on any atom is 0.252 e. The second-order valence-electron chi connectivity index (χ2n) is 5.46. The van der Waals surface area contributed by atoms with Crippen LogP contribution in [-0.2, 0) is 0 Å². The smallest absolute Gasteiger partial charge is 0.252 e. The number of aromatic amines is 2. The predicted octanol–water partition coefficient (Wildman–Crippen LogP) is 2.09. The number of nitrogens with one attached hydrogen (secondary N) is 3. The van der Waals surface area contributed by atoms with Gasteiger partial charge in [-0.05, 0) is 24.8 Å². The van der Waals surface area contributed by atoms with Crippen molar-refractivity contribution in [1.82, 2.24) is 25.5 Å². The Morgan fingerprint density at radius 2 is 2.24 bits per heavy atom. The molecule has 3 N–H and O–H groups in total. The van der Waals surface area contributed by atoms with E-state index < -0.39 is 0 Å². The van der Waals surface area contributed by atoms with Crippen LogP contribution in [0.3, 0.4) is 0 Å². The summed E-state index contributed by atoms with van der Waals surface area (Å²) < 4.78 is 0. The van der Waals surface area contributed by atoms with Crippen molar-refractivity contribution >= 4 is 16.9 Å². The second-order valence-corrected chi connectivity index (χ2v) is 5.46. The van der Waals surface area contributed by atoms with Gasteiger partial charge in [0.1, 0.15) is 5.65 Å². The highest BCUT2D eigenvalue weighted by molar-refractivity contribution is 6.00. The van der Waals surface area contributed by atoms with Crippen molar-refractivity contribution in [3.05, 3.63) is 36.4 Å². The van der Waals surface area contributed by atoms with Crippen molar-refractivity contribution < 1.29 is 4.79 Å². The fraction of sp³-hybridized carbons (Fsp3) is 0.267. The molecule has 1 aliphatic rings. The van der Waals surface area contributed by atoms with Crippen LogP contribution in [-0.4, -0.2) is 32.6 Å². The molecule has 106 valence electrons. The summed E-state index contributed by atoms with van der Waals surface area (Å²) in [4.78, 5) is 19.6. The number of pyridine rings is 1. The monoisotopic (exact) mass is 281 g/mol. The molecular formula is C15H15N5O. The van der Waals surface area contributed by atoms with Gasteiger partial charge in [-0.3, -0.25) is 9.89 Å². The zero-order valence-corrected chi connectivity index (χ0v) is 11.4. The highest BCUT2D eigenvalue weighted by Crippen LogP contribution is 2.28. The minimum absolute atomic E-state index is 0.0596. The van der Waals surface area contributed by atoms with E-state index in [1.165, 1.54) is 12.8 Å². The molecule has 0 aliphatic heterocycles. The molecule has 0 radical (unpaired) electrons. The largest absolute Gasteiger partial charge is 0.352 e. The van der Waals surface area contributed by atoms with Crippen LogP contribution in [0.15, 0.2) is 30.9 Å². The Morgan fingerprint density at radius 1 is 1.33 bits per heavy atom. The Kier molecular flexibility index (Phi) is 2.73. The van der Waals surface area contributed by atoms with Crippen LogP contribution >= 0.6 is 0 Å². The van der Waals surface area contributed by atoms with Gasteiger partial charge in [-0.15, -0.1) is 0 Å². The molecule has 0 aromatic carbocycles. The van der Waals surface area contributed by atoms with Crippen molar-refractivity contribution in [1.29, 1.82) is 0 Å². The Bertz CT molecular complexity index is 786. The molecule has 0 unspecified atom stereocenters. The molecule has 1 fully saturated rings. The molecule has 6 heteroatoms. The van der Waals surface area contributed by atoms with Crippen LogP contribution in [0, 0.1) is 5.92 Å². The van der Waals surface area contributed by atoms with E-state index in [-0.39, 0.29) is 5.91 Å². The summed E-state index contributed by atoms with van der Waals surface area (Å²) in [5.74, 6) is 0.607. The number of carbonyl (C=O) groups excluding carboxylic acids is 1. The van der Waals surface area contributed by atoms with E-state index in [1.807, 2.05) is 18.5 Å². The van der Waals surface area contributed by atoms with Crippen molar-refractivity contribution in [2.75, 3.05) is 6.54 Å². The lowest BCUT2D eigenvalue weighted by molar-refractivity contribution is 0.0951. The van der Waals surface area contributed by atoms with Crippen LogP contribution in [0.1, 0.15) is 23.2 Å². The molecule has 0 bridgehead atoms. The lowest BCUT2D eigenvalue weighted by Crippen LogP contribution is -2.25. The van der Waals surface area contributed by atoms with Crippen LogP contribution in [0.2, 0.25) is 0 Å². The first-order chi connectivity index (χ1) is 10.3. The third-order valence-electron chi connectivity index (χ3n) is 3.85. The highest BCUT2D eigenvalue weighted by Gasteiger charge is 2.22. The third-order valence-corrected chi connectivity index (χ3v) is 3.85. The summed E-state index contributed by atoms with van der Waals surface area (Å²) in [7, 11) is 0. The molecule has 6 nitrogen and oxygen atoms in total. The van der Waals surface area contributed by atoms with Crippen molar-refractivity contribution in [3.63, 3.8) is 0 Å². The van der Waals surface area contributed by atoms with E-state index in [0.717, 1.165) is 28.7 Å². The summed E-state index contributed by atoms with van der Waals surface area (Å²) in [5, 5.41) is 10.6. The quantitative estimate of drug-likeness (QED) is 0.684. The number of hydrogen-bond donors (Lipinski definition) is 3. The van der Waals surface area contributed by atoms with Gasteiger partial charge < -0.3 is 10.3 Å². The molecule has 0 atom stereocenters. The van der Waals surface area contributed by atoms with E-state index in [4.69, 9.17) is 0 Å². The lowest BCUT2D eigenvalue weighted by Gasteiger charge is -2.04. The minimum atomic E-state index is -0.0596. The average Bonchev–Trinajstić information content (AvgIpc) is 3.01. The van der Waals surface area contributed by atoms with E-state index in [2.05, 4.69) is 25.5 Å². The first-order valence-corrected chi connectivity index (χ1v) is 7.06. The Morgan fingerprint density at radius 3 is 3.00 bits per heavy atom. The fourth-order valence-electron chi connectivity index (χ4n) is 2.43. The van der Waals surface area contributed by atoms with Crippen LogP contribution in [0.25, 0.3) is 22.2 Å². The van der Waals surface area contributed by atoms with Gasteiger partial charge in [0, 0.05) is 41.6 Å². The number of fused-ring (bicyclic) bond motifs is 1. The van der Waals surface area contributed by atoms with Gasteiger partial charge in [-0.25, -0.2) is 4.98 Å². The third kappa shape index (κ3) is 2.29. The highest BCUT2D eigenvalue weighted by atomic mass is 16.1. The number of hydrogen-bond acceptors (Lipinski definition) is 3. The van der Waals surface area contributed by atoms with Crippen LogP contribution in [0.5, 0.6) is 0 Å². The van der Waals surface area contributed by atoms with E-state index >= 15 is 0 Å². The van der Waals surface area contributed by atoms with Crippen LogP contribution in [0.4, 0.5) is 0 Å². The van der Waals surface area contributed by atoms with E-state index in [1.54, 1.807) is 12.4 Å². The van der Waals surface area contributed by atoms with Crippen molar-refractivity contribution in [2.45, 2.75) is 12.8 Å². The predicted molar refractivity (Wildman–Crippen MR) is 78.7 cm³/mol. The lowest BCUT2D eigenvalue weighted by atomic mass is 10.1. The van der Waals surface area contributed by atoms with Crippen LogP contribution < -0.4 is 5.32 Å². The number of aromatic nitrogens is 4. The van der Waals surface area contributed by atoms with Crippen molar-refractivity contribution in [2.24, 2.45) is 5.92 Å². The first kappa shape index (κ1) is 12.1. The standard InChI is InChI=1S/C15H15N5O/c21-15(18-4-9-1-2-9)10-3-12-13(11-6-19-20-7-11)8-17-14(12)16-5-10/h3,5-9H,1-2,4H2,(H,16,17)(H,18,21)(H,19,20). The van der Waals surface area contributed by atoms with Crippen molar-refractivity contribution in [3.8, 4) is 11.1 Å². The SMILES string of the molecule is O=C(NCC1CC1)c1cnc2[nH]cc(-c3cn[nH]c3)c2c1. The number of H-pyrrole nitrogens is 2. The molecular weight excluding hydrogens is 266 g/mol. The fourth-order valence-corrected chi connectivity index (χ4v) is 2.43. The number of rotatable bonds is 4. The van der Waals surface area contributed by atoms with Gasteiger partial charge in [0.25, 0.3) is 5.91 Å². The Balaban J connectivity index is 1.67. The van der Waals surface area contributed by atoms with Gasteiger partial charge in [0.2, 0.25) is 0 Å². The molecule has 3 heterocycles. The Hall–Kier alpha value is -2.63. The molecule has 0 saturated heterocycles. The number of nitrogens with zero attached hydrogens (tertiary/aromatic N) is 2.